The molecule has 1 aromatic carbocycles. The lowest BCUT2D eigenvalue weighted by molar-refractivity contribution is -0.385. The molecule has 6 heteroatoms. The van der Waals surface area contributed by atoms with Crippen molar-refractivity contribution in [2.75, 3.05) is 7.11 Å². The molecule has 0 amide bonds. The number of nitro groups is 1. The highest BCUT2D eigenvalue weighted by Gasteiger charge is 2.14. The smallest absolute Gasteiger partial charge is 0.317 e. The van der Waals surface area contributed by atoms with E-state index in [1.165, 1.54) is 25.3 Å². The molecule has 0 aromatic heterocycles. The average Bonchev–Trinajstić information content (AvgIpc) is 2.30. The van der Waals surface area contributed by atoms with Gasteiger partial charge >= 0.3 is 5.97 Å². The van der Waals surface area contributed by atoms with Gasteiger partial charge in [0, 0.05) is 6.07 Å². The maximum Gasteiger partial charge on any atom is 0.317 e. The predicted molar refractivity (Wildman–Crippen MR) is 61.6 cm³/mol. The number of ether oxygens (including phenoxy) is 1. The highest BCUT2D eigenvalue weighted by atomic mass is 35.5. The maximum atomic E-state index is 10.8. The van der Waals surface area contributed by atoms with Crippen LogP contribution in [0.15, 0.2) is 18.2 Å². The van der Waals surface area contributed by atoms with Crippen molar-refractivity contribution < 1.29 is 14.5 Å². The molecular weight excluding hydrogens is 246 g/mol. The summed E-state index contributed by atoms with van der Waals surface area (Å²) in [5, 5.41) is 10.9. The summed E-state index contributed by atoms with van der Waals surface area (Å²) in [5.41, 5.74) is -0.0852. The van der Waals surface area contributed by atoms with Crippen molar-refractivity contribution in [3.63, 3.8) is 0 Å². The van der Waals surface area contributed by atoms with Crippen molar-refractivity contribution in [2.24, 2.45) is 0 Å². The van der Waals surface area contributed by atoms with Crippen LogP contribution in [-0.4, -0.2) is 18.0 Å². The number of carbonyl (C=O) groups excluding carboxylic acids is 1. The van der Waals surface area contributed by atoms with E-state index in [0.717, 1.165) is 0 Å². The Bertz CT molecular complexity index is 516. The summed E-state index contributed by atoms with van der Waals surface area (Å²) >= 11 is 5.80. The Labute approximate surface area is 102 Å². The molecule has 0 N–H and O–H groups in total. The Morgan fingerprint density at radius 2 is 2.29 bits per heavy atom. The Kier molecular flexibility index (Phi) is 4.49. The fourth-order valence-electron chi connectivity index (χ4n) is 1.07. The lowest BCUT2D eigenvalue weighted by atomic mass is 10.2. The summed E-state index contributed by atoms with van der Waals surface area (Å²) in [6.07, 6.45) is -0.140. The van der Waals surface area contributed by atoms with Gasteiger partial charge in [0.25, 0.3) is 5.69 Å². The van der Waals surface area contributed by atoms with Crippen molar-refractivity contribution in [2.45, 2.75) is 6.42 Å². The van der Waals surface area contributed by atoms with E-state index in [-0.39, 0.29) is 22.7 Å². The van der Waals surface area contributed by atoms with Crippen molar-refractivity contribution >= 4 is 23.3 Å². The quantitative estimate of drug-likeness (QED) is 0.350. The van der Waals surface area contributed by atoms with Crippen molar-refractivity contribution in [1.82, 2.24) is 0 Å². The SMILES string of the molecule is COC(=O)CC#Cc1c(Cl)cccc1[N+](=O)[O-]. The topological polar surface area (TPSA) is 69.4 Å². The number of esters is 1. The molecule has 1 rings (SSSR count). The molecule has 88 valence electrons. The van der Waals surface area contributed by atoms with Crippen molar-refractivity contribution in [3.8, 4) is 11.8 Å². The van der Waals surface area contributed by atoms with Gasteiger partial charge in [0.2, 0.25) is 0 Å². The van der Waals surface area contributed by atoms with Crippen LogP contribution in [0.1, 0.15) is 12.0 Å². The van der Waals surface area contributed by atoms with E-state index in [2.05, 4.69) is 16.6 Å². The summed E-state index contributed by atoms with van der Waals surface area (Å²) in [6, 6.07) is 4.26. The molecule has 0 aliphatic carbocycles. The standard InChI is InChI=1S/C11H8ClNO4/c1-17-11(14)7-2-4-8-9(12)5-3-6-10(8)13(15)16/h3,5-6H,7H2,1H3. The third-order valence-corrected chi connectivity index (χ3v) is 2.18. The van der Waals surface area contributed by atoms with E-state index in [4.69, 9.17) is 11.6 Å². The van der Waals surface area contributed by atoms with Crippen molar-refractivity contribution in [1.29, 1.82) is 0 Å². The van der Waals surface area contributed by atoms with Gasteiger partial charge in [0.05, 0.1) is 17.1 Å². The fourth-order valence-corrected chi connectivity index (χ4v) is 1.28. The van der Waals surface area contributed by atoms with Gasteiger partial charge in [0.1, 0.15) is 12.0 Å². The molecular formula is C11H8ClNO4. The highest BCUT2D eigenvalue weighted by molar-refractivity contribution is 6.32. The van der Waals surface area contributed by atoms with E-state index < -0.39 is 10.9 Å². The maximum absolute atomic E-state index is 10.8. The van der Waals surface area contributed by atoms with Crippen LogP contribution in [0.4, 0.5) is 5.69 Å². The first-order chi connectivity index (χ1) is 8.06. The molecule has 0 saturated heterocycles. The average molecular weight is 254 g/mol. The Morgan fingerprint density at radius 1 is 1.59 bits per heavy atom. The molecule has 0 atom stereocenters. The highest BCUT2D eigenvalue weighted by Crippen LogP contribution is 2.24. The number of hydrogen-bond donors (Lipinski definition) is 0. The number of benzene rings is 1. The van der Waals surface area contributed by atoms with Crippen LogP contribution < -0.4 is 0 Å². The van der Waals surface area contributed by atoms with Gasteiger partial charge in [0.15, 0.2) is 0 Å². The number of hydrogen-bond acceptors (Lipinski definition) is 4. The Morgan fingerprint density at radius 3 is 2.88 bits per heavy atom. The molecule has 0 heterocycles. The second kappa shape index (κ2) is 5.87. The van der Waals surface area contributed by atoms with E-state index in [9.17, 15) is 14.9 Å². The van der Waals surface area contributed by atoms with Crippen LogP contribution in [0.25, 0.3) is 0 Å². The minimum atomic E-state index is -0.575. The van der Waals surface area contributed by atoms with E-state index in [1.54, 1.807) is 0 Å². The first kappa shape index (κ1) is 13.0. The zero-order valence-electron chi connectivity index (χ0n) is 8.90. The minimum Gasteiger partial charge on any atom is -0.468 e. The summed E-state index contributed by atoms with van der Waals surface area (Å²) in [4.78, 5) is 21.0. The third-order valence-electron chi connectivity index (χ3n) is 1.86. The molecule has 0 radical (unpaired) electrons. The Balaban J connectivity index is 3.04. The summed E-state index contributed by atoms with van der Waals surface area (Å²) in [7, 11) is 1.24. The largest absolute Gasteiger partial charge is 0.468 e. The molecule has 0 spiro atoms. The minimum absolute atomic E-state index is 0.100. The second-order valence-corrected chi connectivity index (χ2v) is 3.35. The van der Waals surface area contributed by atoms with Crippen LogP contribution in [0.5, 0.6) is 0 Å². The summed E-state index contributed by atoms with van der Waals surface area (Å²) < 4.78 is 4.39. The van der Waals surface area contributed by atoms with Gasteiger partial charge < -0.3 is 4.74 Å². The molecule has 1 aromatic rings. The first-order valence-corrected chi connectivity index (χ1v) is 4.92. The predicted octanol–water partition coefficient (Wildman–Crippen LogP) is 2.16. The molecule has 17 heavy (non-hydrogen) atoms. The van der Waals surface area contributed by atoms with Crippen LogP contribution in [0, 0.1) is 22.0 Å². The van der Waals surface area contributed by atoms with Gasteiger partial charge in [-0.25, -0.2) is 0 Å². The van der Waals surface area contributed by atoms with Gasteiger partial charge in [-0.15, -0.1) is 0 Å². The lowest BCUT2D eigenvalue weighted by Gasteiger charge is -1.97. The van der Waals surface area contributed by atoms with Crippen LogP contribution in [0.3, 0.4) is 0 Å². The van der Waals surface area contributed by atoms with Crippen LogP contribution in [0.2, 0.25) is 5.02 Å². The zero-order chi connectivity index (χ0) is 12.8. The fraction of sp³-hybridized carbons (Fsp3) is 0.182. The van der Waals surface area contributed by atoms with Gasteiger partial charge in [-0.05, 0) is 6.07 Å². The molecule has 0 saturated carbocycles. The molecule has 0 aliphatic heterocycles. The number of nitrogens with zero attached hydrogens (tertiary/aromatic N) is 1. The number of rotatable bonds is 2. The lowest BCUT2D eigenvalue weighted by Crippen LogP contribution is -1.97. The van der Waals surface area contributed by atoms with E-state index >= 15 is 0 Å². The molecule has 0 fully saturated rings. The second-order valence-electron chi connectivity index (χ2n) is 2.95. The molecule has 0 aliphatic rings. The van der Waals surface area contributed by atoms with Crippen LogP contribution in [-0.2, 0) is 9.53 Å². The van der Waals surface area contributed by atoms with Gasteiger partial charge in [-0.3, -0.25) is 14.9 Å². The van der Waals surface area contributed by atoms with Gasteiger partial charge in [-0.2, -0.15) is 0 Å². The number of halogens is 1. The number of carbonyl (C=O) groups is 1. The number of methoxy groups -OCH3 is 1. The number of nitro benzene ring substituents is 1. The first-order valence-electron chi connectivity index (χ1n) is 4.55. The van der Waals surface area contributed by atoms with Crippen LogP contribution >= 0.6 is 11.6 Å². The Hall–Kier alpha value is -2.06. The van der Waals surface area contributed by atoms with Crippen molar-refractivity contribution in [3.05, 3.63) is 38.9 Å². The summed E-state index contributed by atoms with van der Waals surface area (Å²) in [5.74, 6) is 4.47. The monoisotopic (exact) mass is 253 g/mol. The molecule has 0 unspecified atom stereocenters. The molecule has 5 nitrogen and oxygen atoms in total. The van der Waals surface area contributed by atoms with E-state index in [1.807, 2.05) is 0 Å². The molecule has 0 bridgehead atoms. The van der Waals surface area contributed by atoms with Gasteiger partial charge in [-0.1, -0.05) is 29.5 Å². The summed E-state index contributed by atoms with van der Waals surface area (Å²) in [6.45, 7) is 0. The third kappa shape index (κ3) is 3.47. The van der Waals surface area contributed by atoms with E-state index in [0.29, 0.717) is 0 Å². The zero-order valence-corrected chi connectivity index (χ0v) is 9.65. The normalized spacial score (nSPS) is 9.06.